The average Bonchev–Trinajstić information content (AvgIpc) is 2.45. The van der Waals surface area contributed by atoms with E-state index in [9.17, 15) is 10.1 Å². The lowest BCUT2D eigenvalue weighted by atomic mass is 10.2. The Hall–Kier alpha value is -2.45. The van der Waals surface area contributed by atoms with Gasteiger partial charge in [-0.05, 0) is 6.07 Å². The molecule has 0 radical (unpaired) electrons. The van der Waals surface area contributed by atoms with Gasteiger partial charge in [-0.3, -0.25) is 10.1 Å². The Morgan fingerprint density at radius 1 is 1.40 bits per heavy atom. The van der Waals surface area contributed by atoms with Gasteiger partial charge in [0.2, 0.25) is 5.82 Å². The van der Waals surface area contributed by atoms with E-state index in [1.54, 1.807) is 24.3 Å². The number of hydrazine groups is 1. The van der Waals surface area contributed by atoms with E-state index in [1.807, 2.05) is 0 Å². The number of nitrogens with two attached hydrogens (primary N) is 1. The molecule has 8 nitrogen and oxygen atoms in total. The van der Waals surface area contributed by atoms with Crippen LogP contribution in [-0.4, -0.2) is 14.9 Å². The molecule has 2 aromatic rings. The molecular weight excluding hydrogens is 286 g/mol. The van der Waals surface area contributed by atoms with Gasteiger partial charge in [0, 0.05) is 10.6 Å². The van der Waals surface area contributed by atoms with Gasteiger partial charge in [-0.1, -0.05) is 29.8 Å². The summed E-state index contributed by atoms with van der Waals surface area (Å²) in [5.41, 5.74) is 2.38. The number of nitrogens with one attached hydrogen (secondary N) is 1. The number of halogens is 1. The zero-order valence-electron chi connectivity index (χ0n) is 10.1. The van der Waals surface area contributed by atoms with Crippen molar-refractivity contribution >= 4 is 23.1 Å². The van der Waals surface area contributed by atoms with E-state index in [4.69, 9.17) is 22.2 Å². The number of anilines is 1. The summed E-state index contributed by atoms with van der Waals surface area (Å²) in [6.07, 6.45) is 1.12. The Balaban J connectivity index is 2.26. The fourth-order valence-corrected chi connectivity index (χ4v) is 1.69. The number of nitro groups is 1. The summed E-state index contributed by atoms with van der Waals surface area (Å²) >= 11 is 5.97. The van der Waals surface area contributed by atoms with Crippen molar-refractivity contribution < 1.29 is 9.66 Å². The van der Waals surface area contributed by atoms with E-state index in [0.29, 0.717) is 10.6 Å². The second kappa shape index (κ2) is 6.13. The molecule has 20 heavy (non-hydrogen) atoms. The normalized spacial score (nSPS) is 10.1. The lowest BCUT2D eigenvalue weighted by molar-refractivity contribution is -0.385. The first kappa shape index (κ1) is 14.0. The van der Waals surface area contributed by atoms with Crippen LogP contribution in [0.3, 0.4) is 0 Å². The predicted molar refractivity (Wildman–Crippen MR) is 72.3 cm³/mol. The summed E-state index contributed by atoms with van der Waals surface area (Å²) in [5.74, 6) is 4.86. The molecule has 9 heteroatoms. The summed E-state index contributed by atoms with van der Waals surface area (Å²) in [4.78, 5) is 17.7. The van der Waals surface area contributed by atoms with Crippen LogP contribution >= 0.6 is 11.6 Å². The number of hydrogen-bond acceptors (Lipinski definition) is 7. The molecule has 3 N–H and O–H groups in total. The third-order valence-electron chi connectivity index (χ3n) is 2.43. The van der Waals surface area contributed by atoms with E-state index in [-0.39, 0.29) is 18.3 Å². The molecule has 0 atom stereocenters. The fraction of sp³-hybridized carbons (Fsp3) is 0.0909. The number of nitrogens with zero attached hydrogens (tertiary/aromatic N) is 3. The Bertz CT molecular complexity index is 637. The SMILES string of the molecule is NNc1ncnc(OCc2ccccc2Cl)c1[N+](=O)[O-]. The Morgan fingerprint density at radius 3 is 2.80 bits per heavy atom. The molecule has 0 saturated heterocycles. The van der Waals surface area contributed by atoms with Gasteiger partial charge in [0.15, 0.2) is 0 Å². The molecule has 2 rings (SSSR count). The quantitative estimate of drug-likeness (QED) is 0.491. The van der Waals surface area contributed by atoms with Gasteiger partial charge in [-0.2, -0.15) is 4.98 Å². The van der Waals surface area contributed by atoms with Crippen LogP contribution in [0.1, 0.15) is 5.56 Å². The van der Waals surface area contributed by atoms with Crippen molar-refractivity contribution in [3.63, 3.8) is 0 Å². The van der Waals surface area contributed by atoms with E-state index in [0.717, 1.165) is 6.33 Å². The first-order chi connectivity index (χ1) is 9.63. The molecule has 0 bridgehead atoms. The highest BCUT2D eigenvalue weighted by atomic mass is 35.5. The smallest absolute Gasteiger partial charge is 0.374 e. The molecule has 1 aromatic heterocycles. The van der Waals surface area contributed by atoms with E-state index in [1.165, 1.54) is 0 Å². The van der Waals surface area contributed by atoms with Gasteiger partial charge in [-0.25, -0.2) is 10.8 Å². The third kappa shape index (κ3) is 2.92. The van der Waals surface area contributed by atoms with Crippen molar-refractivity contribution in [3.05, 3.63) is 51.3 Å². The maximum absolute atomic E-state index is 11.0. The summed E-state index contributed by atoms with van der Waals surface area (Å²) in [6.45, 7) is 0.0432. The molecule has 0 spiro atoms. The topological polar surface area (TPSA) is 116 Å². The average molecular weight is 296 g/mol. The van der Waals surface area contributed by atoms with Gasteiger partial charge < -0.3 is 10.2 Å². The van der Waals surface area contributed by atoms with E-state index >= 15 is 0 Å². The van der Waals surface area contributed by atoms with Gasteiger partial charge in [-0.15, -0.1) is 0 Å². The van der Waals surface area contributed by atoms with Crippen LogP contribution in [0.2, 0.25) is 5.02 Å². The largest absolute Gasteiger partial charge is 0.468 e. The molecule has 0 saturated carbocycles. The van der Waals surface area contributed by atoms with Crippen molar-refractivity contribution in [2.24, 2.45) is 5.84 Å². The Kier molecular flexibility index (Phi) is 4.28. The van der Waals surface area contributed by atoms with Gasteiger partial charge >= 0.3 is 5.69 Å². The van der Waals surface area contributed by atoms with Crippen molar-refractivity contribution in [1.82, 2.24) is 9.97 Å². The first-order valence-electron chi connectivity index (χ1n) is 5.45. The van der Waals surface area contributed by atoms with Crippen molar-refractivity contribution in [2.45, 2.75) is 6.61 Å². The maximum Gasteiger partial charge on any atom is 0.374 e. The van der Waals surface area contributed by atoms with Crippen LogP contribution in [0.25, 0.3) is 0 Å². The standard InChI is InChI=1S/C11H10ClN5O3/c12-8-4-2-1-3-7(8)5-20-11-9(17(18)19)10(16-13)14-6-15-11/h1-4,6H,5,13H2,(H,14,15,16). The Labute approximate surface area is 118 Å². The van der Waals surface area contributed by atoms with Crippen molar-refractivity contribution in [3.8, 4) is 5.88 Å². The molecule has 0 aliphatic rings. The number of hydrogen-bond donors (Lipinski definition) is 2. The fourth-order valence-electron chi connectivity index (χ4n) is 1.50. The second-order valence-electron chi connectivity index (χ2n) is 3.66. The lowest BCUT2D eigenvalue weighted by Crippen LogP contribution is -2.12. The number of nitrogen functional groups attached to an aromatic ring is 1. The lowest BCUT2D eigenvalue weighted by Gasteiger charge is -2.08. The maximum atomic E-state index is 11.0. The summed E-state index contributed by atoms with van der Waals surface area (Å²) < 4.78 is 5.34. The minimum absolute atomic E-state index is 0.0432. The Morgan fingerprint density at radius 2 is 2.15 bits per heavy atom. The molecule has 1 aromatic carbocycles. The summed E-state index contributed by atoms with van der Waals surface area (Å²) in [6, 6.07) is 7.00. The molecule has 1 heterocycles. The molecule has 104 valence electrons. The van der Waals surface area contributed by atoms with Crippen LogP contribution in [0, 0.1) is 10.1 Å². The van der Waals surface area contributed by atoms with Crippen LogP contribution in [-0.2, 0) is 6.61 Å². The first-order valence-corrected chi connectivity index (χ1v) is 5.83. The predicted octanol–water partition coefficient (Wildman–Crippen LogP) is 1.90. The van der Waals surface area contributed by atoms with Gasteiger partial charge in [0.05, 0.1) is 4.92 Å². The molecular formula is C11H10ClN5O3. The van der Waals surface area contributed by atoms with Crippen molar-refractivity contribution in [2.75, 3.05) is 5.43 Å². The zero-order chi connectivity index (χ0) is 14.5. The van der Waals surface area contributed by atoms with Crippen LogP contribution in [0.15, 0.2) is 30.6 Å². The highest BCUT2D eigenvalue weighted by Crippen LogP contribution is 2.31. The third-order valence-corrected chi connectivity index (χ3v) is 2.80. The number of benzene rings is 1. The minimum atomic E-state index is -0.670. The summed E-state index contributed by atoms with van der Waals surface area (Å²) in [7, 11) is 0. The highest BCUT2D eigenvalue weighted by Gasteiger charge is 2.24. The number of aromatic nitrogens is 2. The number of rotatable bonds is 5. The minimum Gasteiger partial charge on any atom is -0.468 e. The second-order valence-corrected chi connectivity index (χ2v) is 4.06. The molecule has 0 amide bonds. The van der Waals surface area contributed by atoms with Gasteiger partial charge in [0.1, 0.15) is 12.9 Å². The molecule has 0 unspecified atom stereocenters. The summed E-state index contributed by atoms with van der Waals surface area (Å²) in [5, 5.41) is 11.5. The van der Waals surface area contributed by atoms with Crippen LogP contribution < -0.4 is 16.0 Å². The highest BCUT2D eigenvalue weighted by molar-refractivity contribution is 6.31. The zero-order valence-corrected chi connectivity index (χ0v) is 10.9. The van der Waals surface area contributed by atoms with E-state index in [2.05, 4.69) is 15.4 Å². The van der Waals surface area contributed by atoms with Gasteiger partial charge in [0.25, 0.3) is 5.88 Å². The number of ether oxygens (including phenoxy) is 1. The van der Waals surface area contributed by atoms with Crippen LogP contribution in [0.4, 0.5) is 11.5 Å². The molecule has 0 aliphatic carbocycles. The molecule has 0 fully saturated rings. The van der Waals surface area contributed by atoms with E-state index < -0.39 is 10.6 Å². The monoisotopic (exact) mass is 295 g/mol. The van der Waals surface area contributed by atoms with Crippen molar-refractivity contribution in [1.29, 1.82) is 0 Å². The van der Waals surface area contributed by atoms with Crippen LogP contribution in [0.5, 0.6) is 5.88 Å². The molecule has 0 aliphatic heterocycles.